The summed E-state index contributed by atoms with van der Waals surface area (Å²) in [4.78, 5) is 15.6. The van der Waals surface area contributed by atoms with Crippen LogP contribution in [0.15, 0.2) is 78.0 Å². The van der Waals surface area contributed by atoms with Crippen LogP contribution < -0.4 is 14.2 Å². The fourth-order valence-electron chi connectivity index (χ4n) is 5.33. The largest absolute Gasteiger partial charge is 0.497 e. The summed E-state index contributed by atoms with van der Waals surface area (Å²) in [5, 5.41) is 0. The molecule has 0 bridgehead atoms. The third-order valence-electron chi connectivity index (χ3n) is 7.06. The number of carbonyl (C=O) groups is 1. The maximum absolute atomic E-state index is 13.2. The predicted octanol–water partition coefficient (Wildman–Crippen LogP) is 5.25. The molecule has 0 spiro atoms. The highest BCUT2D eigenvalue weighted by Crippen LogP contribution is 2.51. The molecule has 2 aliphatic rings. The minimum atomic E-state index is -0.305. The molecule has 3 aromatic rings. The van der Waals surface area contributed by atoms with Crippen molar-refractivity contribution in [1.82, 2.24) is 4.90 Å². The molecule has 0 saturated heterocycles. The number of hydrogen-bond donors (Lipinski definition) is 0. The van der Waals surface area contributed by atoms with E-state index < -0.39 is 0 Å². The number of fused-ring (bicyclic) bond motifs is 3. The standard InChI is InChI=1S/C30H31NO5/c1-19-9-11-20(12-10-19)15-26-28(30(32)35-4)25-18-36-27-8-6-5-7-24(27)29(25)31(26)17-21-13-22(33-2)16-23(14-21)34-3/h5-14,16,25,29H,15,17-18H2,1-4H3/t25-,29-/m0/s1. The molecule has 36 heavy (non-hydrogen) atoms. The molecule has 2 atom stereocenters. The van der Waals surface area contributed by atoms with Gasteiger partial charge in [-0.3, -0.25) is 0 Å². The zero-order valence-corrected chi connectivity index (χ0v) is 21.1. The summed E-state index contributed by atoms with van der Waals surface area (Å²) < 4.78 is 22.5. The third kappa shape index (κ3) is 4.39. The van der Waals surface area contributed by atoms with Gasteiger partial charge in [0.25, 0.3) is 0 Å². The van der Waals surface area contributed by atoms with Gasteiger partial charge in [-0.05, 0) is 36.2 Å². The van der Waals surface area contributed by atoms with Crippen LogP contribution >= 0.6 is 0 Å². The second kappa shape index (κ2) is 9.97. The number of ether oxygens (including phenoxy) is 4. The molecule has 0 radical (unpaired) electrons. The summed E-state index contributed by atoms with van der Waals surface area (Å²) in [5.41, 5.74) is 6.09. The van der Waals surface area contributed by atoms with Crippen LogP contribution in [0.5, 0.6) is 17.2 Å². The summed E-state index contributed by atoms with van der Waals surface area (Å²) in [6.07, 6.45) is 0.612. The Morgan fingerprint density at radius 1 is 0.944 bits per heavy atom. The van der Waals surface area contributed by atoms with Crippen molar-refractivity contribution >= 4 is 5.97 Å². The first kappa shape index (κ1) is 23.8. The van der Waals surface area contributed by atoms with Gasteiger partial charge >= 0.3 is 5.97 Å². The second-order valence-electron chi connectivity index (χ2n) is 9.26. The highest BCUT2D eigenvalue weighted by atomic mass is 16.5. The molecule has 6 heteroatoms. The van der Waals surface area contributed by atoms with E-state index in [9.17, 15) is 4.79 Å². The van der Waals surface area contributed by atoms with Crippen molar-refractivity contribution in [2.45, 2.75) is 25.9 Å². The normalized spacial score (nSPS) is 18.3. The van der Waals surface area contributed by atoms with Crippen molar-refractivity contribution in [3.63, 3.8) is 0 Å². The van der Waals surface area contributed by atoms with Gasteiger partial charge < -0.3 is 23.8 Å². The Hall–Kier alpha value is -3.93. The Morgan fingerprint density at radius 3 is 2.31 bits per heavy atom. The number of rotatable bonds is 7. The lowest BCUT2D eigenvalue weighted by atomic mass is 9.87. The zero-order valence-electron chi connectivity index (χ0n) is 21.1. The fraction of sp³-hybridized carbons (Fsp3) is 0.300. The number of esters is 1. The summed E-state index contributed by atoms with van der Waals surface area (Å²) >= 11 is 0. The van der Waals surface area contributed by atoms with Crippen LogP contribution in [-0.2, 0) is 22.5 Å². The number of benzene rings is 3. The molecule has 2 aliphatic heterocycles. The highest BCUT2D eigenvalue weighted by molar-refractivity contribution is 5.91. The van der Waals surface area contributed by atoms with E-state index in [0.717, 1.165) is 39.6 Å². The van der Waals surface area contributed by atoms with Gasteiger partial charge in [-0.1, -0.05) is 48.0 Å². The van der Waals surface area contributed by atoms with E-state index in [-0.39, 0.29) is 17.9 Å². The lowest BCUT2D eigenvalue weighted by molar-refractivity contribution is -0.136. The van der Waals surface area contributed by atoms with Crippen LogP contribution in [0.25, 0.3) is 0 Å². The van der Waals surface area contributed by atoms with Gasteiger partial charge in [-0.15, -0.1) is 0 Å². The first-order valence-electron chi connectivity index (χ1n) is 12.1. The Labute approximate surface area is 212 Å². The quantitative estimate of drug-likeness (QED) is 0.426. The van der Waals surface area contributed by atoms with Gasteiger partial charge in [0, 0.05) is 30.3 Å². The number of allylic oxidation sites excluding steroid dienone is 1. The molecule has 186 valence electrons. The monoisotopic (exact) mass is 485 g/mol. The van der Waals surface area contributed by atoms with E-state index in [4.69, 9.17) is 18.9 Å². The van der Waals surface area contributed by atoms with Crippen LogP contribution in [0, 0.1) is 12.8 Å². The number of carbonyl (C=O) groups excluding carboxylic acids is 1. The van der Waals surface area contributed by atoms with E-state index in [0.29, 0.717) is 25.1 Å². The SMILES string of the molecule is COC(=O)C1=C(Cc2ccc(C)cc2)N(Cc2cc(OC)cc(OC)c2)[C@H]2c3ccccc3OC[C@@H]12. The topological polar surface area (TPSA) is 57.2 Å². The average molecular weight is 486 g/mol. The van der Waals surface area contributed by atoms with E-state index >= 15 is 0 Å². The molecular weight excluding hydrogens is 454 g/mol. The molecule has 0 saturated carbocycles. The molecule has 0 unspecified atom stereocenters. The molecule has 0 N–H and O–H groups in total. The Kier molecular flexibility index (Phi) is 6.59. The molecule has 6 nitrogen and oxygen atoms in total. The van der Waals surface area contributed by atoms with Gasteiger partial charge in [0.15, 0.2) is 0 Å². The molecule has 0 aromatic heterocycles. The fourth-order valence-corrected chi connectivity index (χ4v) is 5.33. The number of hydrogen-bond acceptors (Lipinski definition) is 6. The molecular formula is C30H31NO5. The van der Waals surface area contributed by atoms with Crippen molar-refractivity contribution in [3.8, 4) is 17.2 Å². The molecule has 0 aliphatic carbocycles. The lowest BCUT2D eigenvalue weighted by Crippen LogP contribution is -2.33. The Balaban J connectivity index is 1.65. The van der Waals surface area contributed by atoms with Gasteiger partial charge in [-0.2, -0.15) is 0 Å². The van der Waals surface area contributed by atoms with Crippen molar-refractivity contribution < 1.29 is 23.7 Å². The first-order chi connectivity index (χ1) is 17.5. The zero-order chi connectivity index (χ0) is 25.2. The predicted molar refractivity (Wildman–Crippen MR) is 137 cm³/mol. The van der Waals surface area contributed by atoms with E-state index in [1.165, 1.54) is 12.7 Å². The number of para-hydroxylation sites is 1. The van der Waals surface area contributed by atoms with Crippen molar-refractivity contribution in [2.75, 3.05) is 27.9 Å². The van der Waals surface area contributed by atoms with Crippen LogP contribution in [0.1, 0.15) is 28.3 Å². The van der Waals surface area contributed by atoms with E-state index in [1.807, 2.05) is 36.4 Å². The Morgan fingerprint density at radius 2 is 1.64 bits per heavy atom. The van der Waals surface area contributed by atoms with Gasteiger partial charge in [-0.25, -0.2) is 4.79 Å². The highest BCUT2D eigenvalue weighted by Gasteiger charge is 2.47. The van der Waals surface area contributed by atoms with E-state index in [2.05, 4.69) is 42.2 Å². The first-order valence-corrected chi connectivity index (χ1v) is 12.1. The number of nitrogens with zero attached hydrogens (tertiary/aromatic N) is 1. The van der Waals surface area contributed by atoms with Gasteiger partial charge in [0.05, 0.1) is 45.5 Å². The molecule has 5 rings (SSSR count). The number of aryl methyl sites for hydroxylation is 1. The van der Waals surface area contributed by atoms with Crippen LogP contribution in [0.2, 0.25) is 0 Å². The smallest absolute Gasteiger partial charge is 0.336 e. The van der Waals surface area contributed by atoms with Crippen molar-refractivity contribution in [3.05, 3.63) is 100 Å². The van der Waals surface area contributed by atoms with Crippen LogP contribution in [0.3, 0.4) is 0 Å². The summed E-state index contributed by atoms with van der Waals surface area (Å²) in [7, 11) is 4.75. The maximum Gasteiger partial charge on any atom is 0.336 e. The summed E-state index contributed by atoms with van der Waals surface area (Å²) in [6, 6.07) is 22.4. The summed E-state index contributed by atoms with van der Waals surface area (Å²) in [5.74, 6) is 1.86. The van der Waals surface area contributed by atoms with Gasteiger partial charge in [0.2, 0.25) is 0 Å². The van der Waals surface area contributed by atoms with Crippen LogP contribution in [-0.4, -0.2) is 38.8 Å². The van der Waals surface area contributed by atoms with Gasteiger partial charge in [0.1, 0.15) is 17.2 Å². The second-order valence-corrected chi connectivity index (χ2v) is 9.26. The van der Waals surface area contributed by atoms with Crippen molar-refractivity contribution in [1.29, 1.82) is 0 Å². The number of methoxy groups -OCH3 is 3. The average Bonchev–Trinajstić information content (AvgIpc) is 3.22. The Bertz CT molecular complexity index is 1270. The maximum atomic E-state index is 13.2. The molecule has 0 amide bonds. The molecule has 3 aromatic carbocycles. The molecule has 2 heterocycles. The third-order valence-corrected chi connectivity index (χ3v) is 7.06. The minimum absolute atomic E-state index is 0.0540. The lowest BCUT2D eigenvalue weighted by Gasteiger charge is -2.37. The van der Waals surface area contributed by atoms with Crippen LogP contribution in [0.4, 0.5) is 0 Å². The summed E-state index contributed by atoms with van der Waals surface area (Å²) in [6.45, 7) is 3.07. The van der Waals surface area contributed by atoms with E-state index in [1.54, 1.807) is 14.2 Å². The van der Waals surface area contributed by atoms with Crippen molar-refractivity contribution in [2.24, 2.45) is 5.92 Å². The minimum Gasteiger partial charge on any atom is -0.497 e. The molecule has 0 fully saturated rings.